The number of sulfonamides is 1. The second-order valence-corrected chi connectivity index (χ2v) is 9.58. The van der Waals surface area contributed by atoms with Crippen molar-refractivity contribution in [3.05, 3.63) is 36.6 Å². The van der Waals surface area contributed by atoms with Gasteiger partial charge in [0, 0.05) is 60.6 Å². The van der Waals surface area contributed by atoms with E-state index in [9.17, 15) is 8.42 Å². The van der Waals surface area contributed by atoms with Crippen LogP contribution in [0.2, 0.25) is 0 Å². The van der Waals surface area contributed by atoms with Gasteiger partial charge in [-0.1, -0.05) is 13.5 Å². The summed E-state index contributed by atoms with van der Waals surface area (Å²) in [6.45, 7) is 8.24. The summed E-state index contributed by atoms with van der Waals surface area (Å²) in [5, 5.41) is 1.03. The van der Waals surface area contributed by atoms with E-state index in [-0.39, 0.29) is 5.75 Å². The molecule has 140 valence electrons. The first-order valence-corrected chi connectivity index (χ1v) is 13.1. The summed E-state index contributed by atoms with van der Waals surface area (Å²) >= 11 is 2.22. The molecular weight excluding hydrogens is 485 g/mol. The van der Waals surface area contributed by atoms with Gasteiger partial charge in [-0.05, 0) is 19.4 Å². The van der Waals surface area contributed by atoms with Crippen LogP contribution in [0.5, 0.6) is 0 Å². The third-order valence-electron chi connectivity index (χ3n) is 4.06. The van der Waals surface area contributed by atoms with Crippen LogP contribution in [0.3, 0.4) is 0 Å². The SMILES string of the molecule is C=C(CCn1c(C)nc2cnc3c(ccn3SI)c21)NS(=O)(=O)CCC. The standard InChI is InChI=1S/C16H20IN5O2S2/c1-4-9-26(23,24)20-11(2)5-7-21-12(3)19-14-10-18-16-13(15(14)21)6-8-22(16)25-17/h6,8,10,20H,2,4-5,7,9H2,1,3H3. The molecule has 3 rings (SSSR count). The van der Waals surface area contributed by atoms with Crippen LogP contribution in [0.4, 0.5) is 0 Å². The molecular formula is C16H20IN5O2S2. The van der Waals surface area contributed by atoms with Crippen LogP contribution in [0.25, 0.3) is 22.1 Å². The summed E-state index contributed by atoms with van der Waals surface area (Å²) in [6, 6.07) is 2.03. The normalized spacial score (nSPS) is 12.1. The largest absolute Gasteiger partial charge is 0.327 e. The zero-order valence-corrected chi connectivity index (χ0v) is 18.4. The Labute approximate surface area is 169 Å². The summed E-state index contributed by atoms with van der Waals surface area (Å²) < 4.78 is 30.4. The molecule has 0 saturated carbocycles. The predicted octanol–water partition coefficient (Wildman–Crippen LogP) is 3.77. The number of nitrogens with zero attached hydrogens (tertiary/aromatic N) is 4. The average Bonchev–Trinajstić information content (AvgIpc) is 3.11. The molecule has 0 unspecified atom stereocenters. The minimum absolute atomic E-state index is 0.104. The quantitative estimate of drug-likeness (QED) is 0.472. The Morgan fingerprint density at radius 1 is 1.46 bits per heavy atom. The van der Waals surface area contributed by atoms with Crippen molar-refractivity contribution in [3.8, 4) is 0 Å². The minimum Gasteiger partial charge on any atom is -0.327 e. The second-order valence-electron chi connectivity index (χ2n) is 6.03. The molecule has 0 fully saturated rings. The van der Waals surface area contributed by atoms with Crippen LogP contribution in [-0.4, -0.2) is 32.7 Å². The first-order valence-electron chi connectivity index (χ1n) is 8.16. The van der Waals surface area contributed by atoms with Crippen molar-refractivity contribution in [2.75, 3.05) is 5.75 Å². The van der Waals surface area contributed by atoms with Crippen molar-refractivity contribution in [1.29, 1.82) is 0 Å². The third-order valence-corrected chi connectivity index (χ3v) is 7.32. The Morgan fingerprint density at radius 3 is 2.92 bits per heavy atom. The fourth-order valence-corrected chi connectivity index (χ4v) is 5.42. The first kappa shape index (κ1) is 19.5. The number of hydrogen-bond acceptors (Lipinski definition) is 5. The number of rotatable bonds is 8. The third kappa shape index (κ3) is 3.86. The van der Waals surface area contributed by atoms with E-state index in [0.717, 1.165) is 27.9 Å². The maximum atomic E-state index is 11.9. The van der Waals surface area contributed by atoms with Gasteiger partial charge in [0.2, 0.25) is 10.0 Å². The molecule has 0 aliphatic rings. The van der Waals surface area contributed by atoms with E-state index in [1.165, 1.54) is 0 Å². The topological polar surface area (TPSA) is 81.8 Å². The number of imidazole rings is 1. The molecule has 3 aromatic heterocycles. The van der Waals surface area contributed by atoms with Gasteiger partial charge in [-0.3, -0.25) is 8.69 Å². The van der Waals surface area contributed by atoms with Crippen LogP contribution in [0.1, 0.15) is 25.6 Å². The fourth-order valence-electron chi connectivity index (χ4n) is 2.97. The van der Waals surface area contributed by atoms with Crippen LogP contribution in [0.15, 0.2) is 30.7 Å². The van der Waals surface area contributed by atoms with Crippen LogP contribution in [-0.2, 0) is 16.6 Å². The Kier molecular flexibility index (Phi) is 5.82. The molecule has 7 nitrogen and oxygen atoms in total. The van der Waals surface area contributed by atoms with Gasteiger partial charge in [-0.2, -0.15) is 0 Å². The maximum Gasteiger partial charge on any atom is 0.232 e. The highest BCUT2D eigenvalue weighted by Crippen LogP contribution is 2.29. The number of aryl methyl sites for hydroxylation is 2. The molecule has 3 aromatic rings. The number of nitrogens with one attached hydrogen (secondary N) is 1. The molecule has 0 radical (unpaired) electrons. The van der Waals surface area contributed by atoms with Crippen molar-refractivity contribution in [3.63, 3.8) is 0 Å². The molecule has 0 aliphatic carbocycles. The molecule has 0 spiro atoms. The van der Waals surface area contributed by atoms with Crippen LogP contribution < -0.4 is 4.72 Å². The van der Waals surface area contributed by atoms with Crippen molar-refractivity contribution in [2.24, 2.45) is 0 Å². The van der Waals surface area contributed by atoms with E-state index in [1.54, 1.807) is 15.3 Å². The molecule has 0 amide bonds. The summed E-state index contributed by atoms with van der Waals surface area (Å²) in [4.78, 5) is 9.11. The molecule has 0 saturated heterocycles. The fraction of sp³-hybridized carbons (Fsp3) is 0.375. The van der Waals surface area contributed by atoms with E-state index in [0.29, 0.717) is 25.1 Å². The Balaban J connectivity index is 1.89. The first-order chi connectivity index (χ1) is 12.4. The number of fused-ring (bicyclic) bond motifs is 3. The van der Waals surface area contributed by atoms with Crippen LogP contribution in [0, 0.1) is 6.92 Å². The average molecular weight is 505 g/mol. The summed E-state index contributed by atoms with van der Waals surface area (Å²) in [5.74, 6) is 0.973. The summed E-state index contributed by atoms with van der Waals surface area (Å²) in [6.07, 6.45) is 4.84. The molecule has 0 atom stereocenters. The summed E-state index contributed by atoms with van der Waals surface area (Å²) in [5.41, 5.74) is 3.23. The van der Waals surface area contributed by atoms with Gasteiger partial charge in [0.1, 0.15) is 11.3 Å². The lowest BCUT2D eigenvalue weighted by atomic mass is 10.2. The zero-order valence-electron chi connectivity index (χ0n) is 14.6. The lowest BCUT2D eigenvalue weighted by Crippen LogP contribution is -2.25. The highest BCUT2D eigenvalue weighted by Gasteiger charge is 2.15. The Bertz CT molecular complexity index is 1070. The number of pyridine rings is 1. The van der Waals surface area contributed by atoms with Crippen molar-refractivity contribution < 1.29 is 8.42 Å². The van der Waals surface area contributed by atoms with Gasteiger partial charge in [-0.25, -0.2) is 18.4 Å². The number of hydrogen-bond donors (Lipinski definition) is 1. The molecule has 0 aromatic carbocycles. The van der Waals surface area contributed by atoms with Gasteiger partial charge in [0.15, 0.2) is 5.65 Å². The monoisotopic (exact) mass is 505 g/mol. The van der Waals surface area contributed by atoms with Gasteiger partial charge in [0.25, 0.3) is 0 Å². The second kappa shape index (κ2) is 7.77. The maximum absolute atomic E-state index is 11.9. The summed E-state index contributed by atoms with van der Waals surface area (Å²) in [7, 11) is -1.74. The van der Waals surface area contributed by atoms with Gasteiger partial charge >= 0.3 is 0 Å². The van der Waals surface area contributed by atoms with Crippen LogP contribution >= 0.6 is 30.3 Å². The zero-order chi connectivity index (χ0) is 18.9. The molecule has 10 heteroatoms. The lowest BCUT2D eigenvalue weighted by molar-refractivity contribution is 0.583. The smallest absolute Gasteiger partial charge is 0.232 e. The number of halogens is 1. The van der Waals surface area contributed by atoms with Crippen molar-refractivity contribution >= 4 is 62.4 Å². The minimum atomic E-state index is -3.30. The van der Waals surface area contributed by atoms with Gasteiger partial charge < -0.3 is 4.57 Å². The van der Waals surface area contributed by atoms with Crippen molar-refractivity contribution in [1.82, 2.24) is 23.2 Å². The van der Waals surface area contributed by atoms with Crippen molar-refractivity contribution in [2.45, 2.75) is 33.2 Å². The molecule has 1 N–H and O–H groups in total. The highest BCUT2D eigenvalue weighted by atomic mass is 127. The molecule has 26 heavy (non-hydrogen) atoms. The van der Waals surface area contributed by atoms with E-state index in [4.69, 9.17) is 0 Å². The van der Waals surface area contributed by atoms with E-state index in [2.05, 4.69) is 47.0 Å². The van der Waals surface area contributed by atoms with E-state index >= 15 is 0 Å². The van der Waals surface area contributed by atoms with E-state index < -0.39 is 10.0 Å². The Morgan fingerprint density at radius 2 is 2.23 bits per heavy atom. The van der Waals surface area contributed by atoms with Gasteiger partial charge in [0.05, 0.1) is 17.5 Å². The predicted molar refractivity (Wildman–Crippen MR) is 116 cm³/mol. The van der Waals surface area contributed by atoms with E-state index in [1.807, 2.05) is 30.1 Å². The molecule has 0 bridgehead atoms. The lowest BCUT2D eigenvalue weighted by Gasteiger charge is -2.12. The highest BCUT2D eigenvalue weighted by molar-refractivity contribution is 14.2. The molecule has 0 aliphatic heterocycles. The number of allylic oxidation sites excluding steroid dienone is 1. The molecule has 3 heterocycles. The van der Waals surface area contributed by atoms with Gasteiger partial charge in [-0.15, -0.1) is 0 Å². The number of aromatic nitrogens is 4. The Hall–Kier alpha value is -1.27.